The van der Waals surface area contributed by atoms with Crippen molar-refractivity contribution < 1.29 is 26.3 Å². The van der Waals surface area contributed by atoms with Gasteiger partial charge in [-0.3, -0.25) is 0 Å². The van der Waals surface area contributed by atoms with Crippen LogP contribution in [0.3, 0.4) is 0 Å². The molecule has 0 rings (SSSR count). The molecule has 4 nitrogen and oxygen atoms in total. The summed E-state index contributed by atoms with van der Waals surface area (Å²) in [5, 5.41) is 0. The van der Waals surface area contributed by atoms with Gasteiger partial charge in [0.15, 0.2) is 0 Å². The molecule has 1 N–H and O–H groups in total. The van der Waals surface area contributed by atoms with Crippen molar-refractivity contribution in [3.8, 4) is 0 Å². The van der Waals surface area contributed by atoms with E-state index < -0.39 is 21.8 Å². The monoisotopic (exact) mass is 207 g/mol. The molecule has 0 bridgehead atoms. The number of nitrogens with one attached hydrogen (secondary N) is 1. The van der Waals surface area contributed by atoms with Crippen molar-refractivity contribution in [2.45, 2.75) is 18.7 Å². The lowest BCUT2D eigenvalue weighted by molar-refractivity contribution is -0.0468. The summed E-state index contributed by atoms with van der Waals surface area (Å²) in [4.78, 5) is 0. The summed E-state index contributed by atoms with van der Waals surface area (Å²) >= 11 is 0. The predicted octanol–water partition coefficient (Wildman–Crippen LogP) is 0.418. The summed E-state index contributed by atoms with van der Waals surface area (Å²) in [6.07, 6.45) is -1.20. The average molecular weight is 207 g/mol. The van der Waals surface area contributed by atoms with Crippen LogP contribution in [0, 0.1) is 0 Å². The van der Waals surface area contributed by atoms with E-state index >= 15 is 0 Å². The highest BCUT2D eigenvalue weighted by molar-refractivity contribution is 7.90. The van der Waals surface area contributed by atoms with Crippen LogP contribution in [0.15, 0.2) is 0 Å². The molecule has 0 spiro atoms. The molecule has 0 aliphatic rings. The molecule has 8 heteroatoms. The van der Waals surface area contributed by atoms with E-state index in [2.05, 4.69) is 4.74 Å². The summed E-state index contributed by atoms with van der Waals surface area (Å²) in [6, 6.07) is 0. The fourth-order valence-electron chi connectivity index (χ4n) is 0.333. The van der Waals surface area contributed by atoms with Crippen molar-refractivity contribution in [1.29, 1.82) is 0 Å². The van der Waals surface area contributed by atoms with Gasteiger partial charge in [-0.05, 0) is 6.92 Å². The summed E-state index contributed by atoms with van der Waals surface area (Å²) < 4.78 is 61.0. The van der Waals surface area contributed by atoms with E-state index in [1.165, 1.54) is 4.72 Å². The van der Waals surface area contributed by atoms with Crippen LogP contribution < -0.4 is 4.72 Å². The minimum atomic E-state index is -5.29. The van der Waals surface area contributed by atoms with Crippen molar-refractivity contribution >= 4 is 10.0 Å². The van der Waals surface area contributed by atoms with E-state index in [0.29, 0.717) is 0 Å². The molecule has 0 aliphatic heterocycles. The highest BCUT2D eigenvalue weighted by atomic mass is 32.2. The molecule has 1 atom stereocenters. The zero-order valence-electron chi connectivity index (χ0n) is 6.34. The lowest BCUT2D eigenvalue weighted by Crippen LogP contribution is -2.42. The van der Waals surface area contributed by atoms with Crippen LogP contribution in [-0.4, -0.2) is 27.3 Å². The van der Waals surface area contributed by atoms with E-state index in [-0.39, 0.29) is 0 Å². The molecule has 0 aliphatic carbocycles. The number of hydrogen-bond acceptors (Lipinski definition) is 3. The Balaban J connectivity index is 4.46. The standard InChI is InChI=1S/C4H8F3NO3S/c1-3(11-2)8-12(9,10)4(5,6)7/h3,8H,1-2H3/t3-/m1/s1. The highest BCUT2D eigenvalue weighted by Gasteiger charge is 2.46. The summed E-state index contributed by atoms with van der Waals surface area (Å²) in [7, 11) is -4.20. The SMILES string of the molecule is CO[C@H](C)NS(=O)(=O)C(F)(F)F. The first-order chi connectivity index (χ1) is 5.20. The Morgan fingerprint density at radius 3 is 2.08 bits per heavy atom. The molecule has 0 aromatic heterocycles. The number of alkyl halides is 3. The van der Waals surface area contributed by atoms with Gasteiger partial charge in [0.25, 0.3) is 0 Å². The van der Waals surface area contributed by atoms with Crippen LogP contribution in [0.25, 0.3) is 0 Å². The number of ether oxygens (including phenoxy) is 1. The maximum atomic E-state index is 11.6. The number of hydrogen-bond donors (Lipinski definition) is 1. The number of rotatable bonds is 3. The Labute approximate surface area is 67.8 Å². The average Bonchev–Trinajstić information content (AvgIpc) is 1.84. The second-order valence-corrected chi connectivity index (χ2v) is 3.65. The Bertz CT molecular complexity index is 234. The van der Waals surface area contributed by atoms with Crippen LogP contribution in [0.4, 0.5) is 13.2 Å². The molecule has 0 unspecified atom stereocenters. The minimum absolute atomic E-state index is 1.09. The largest absolute Gasteiger partial charge is 0.511 e. The van der Waals surface area contributed by atoms with Gasteiger partial charge in [-0.1, -0.05) is 0 Å². The fourth-order valence-corrected chi connectivity index (χ4v) is 1.00. The topological polar surface area (TPSA) is 55.4 Å². The Hall–Kier alpha value is -0.340. The van der Waals surface area contributed by atoms with Gasteiger partial charge in [0.2, 0.25) is 0 Å². The second-order valence-electron chi connectivity index (χ2n) is 1.94. The first-order valence-corrected chi connectivity index (χ1v) is 4.30. The first-order valence-electron chi connectivity index (χ1n) is 2.82. The van der Waals surface area contributed by atoms with Crippen molar-refractivity contribution in [3.63, 3.8) is 0 Å². The molecule has 0 aromatic carbocycles. The zero-order valence-corrected chi connectivity index (χ0v) is 7.16. The molecular weight excluding hydrogens is 199 g/mol. The quantitative estimate of drug-likeness (QED) is 0.682. The van der Waals surface area contributed by atoms with Crippen molar-refractivity contribution in [2.75, 3.05) is 7.11 Å². The van der Waals surface area contributed by atoms with Gasteiger partial charge < -0.3 is 4.74 Å². The van der Waals surface area contributed by atoms with E-state index in [4.69, 9.17) is 0 Å². The third-order valence-electron chi connectivity index (χ3n) is 0.979. The smallest absolute Gasteiger partial charge is 0.366 e. The minimum Gasteiger partial charge on any atom is -0.366 e. The van der Waals surface area contributed by atoms with E-state index in [0.717, 1.165) is 14.0 Å². The lowest BCUT2D eigenvalue weighted by atomic mass is 10.7. The third kappa shape index (κ3) is 2.95. The van der Waals surface area contributed by atoms with Gasteiger partial charge in [0, 0.05) is 7.11 Å². The normalized spacial score (nSPS) is 16.1. The Morgan fingerprint density at radius 2 is 1.83 bits per heavy atom. The molecule has 0 saturated heterocycles. The van der Waals surface area contributed by atoms with Crippen LogP contribution in [0.2, 0.25) is 0 Å². The molecular formula is C4H8F3NO3S. The molecule has 12 heavy (non-hydrogen) atoms. The molecule has 0 saturated carbocycles. The van der Waals surface area contributed by atoms with E-state index in [1.807, 2.05) is 0 Å². The molecule has 0 amide bonds. The van der Waals surface area contributed by atoms with Crippen LogP contribution in [0.1, 0.15) is 6.92 Å². The van der Waals surface area contributed by atoms with Crippen LogP contribution in [0.5, 0.6) is 0 Å². The fraction of sp³-hybridized carbons (Fsp3) is 1.00. The Kier molecular flexibility index (Phi) is 3.48. The maximum Gasteiger partial charge on any atom is 0.511 e. The summed E-state index contributed by atoms with van der Waals surface area (Å²) in [5.74, 6) is 0. The van der Waals surface area contributed by atoms with Gasteiger partial charge in [0.1, 0.15) is 6.23 Å². The van der Waals surface area contributed by atoms with Crippen molar-refractivity contribution in [2.24, 2.45) is 0 Å². The Morgan fingerprint density at radius 1 is 1.42 bits per heavy atom. The van der Waals surface area contributed by atoms with Gasteiger partial charge in [-0.15, -0.1) is 0 Å². The maximum absolute atomic E-state index is 11.6. The van der Waals surface area contributed by atoms with E-state index in [9.17, 15) is 21.6 Å². The third-order valence-corrected chi connectivity index (χ3v) is 2.23. The molecule has 0 aromatic rings. The highest BCUT2D eigenvalue weighted by Crippen LogP contribution is 2.21. The van der Waals surface area contributed by atoms with E-state index in [1.54, 1.807) is 0 Å². The lowest BCUT2D eigenvalue weighted by Gasteiger charge is -2.13. The zero-order chi connectivity index (χ0) is 9.99. The molecule has 0 fully saturated rings. The van der Waals surface area contributed by atoms with Crippen molar-refractivity contribution in [1.82, 2.24) is 4.72 Å². The van der Waals surface area contributed by atoms with Gasteiger partial charge in [-0.25, -0.2) is 8.42 Å². The number of sulfonamides is 1. The molecule has 0 radical (unpaired) electrons. The van der Waals surface area contributed by atoms with Gasteiger partial charge in [-0.2, -0.15) is 17.9 Å². The molecule has 0 heterocycles. The summed E-state index contributed by atoms with van der Waals surface area (Å²) in [5.41, 5.74) is -5.29. The van der Waals surface area contributed by atoms with Crippen LogP contribution in [-0.2, 0) is 14.8 Å². The number of methoxy groups -OCH3 is 1. The first kappa shape index (κ1) is 11.7. The van der Waals surface area contributed by atoms with Crippen LogP contribution >= 0.6 is 0 Å². The second kappa shape index (κ2) is 3.58. The molecule has 74 valence electrons. The summed E-state index contributed by atoms with van der Waals surface area (Å²) in [6.45, 7) is 1.14. The predicted molar refractivity (Wildman–Crippen MR) is 34.6 cm³/mol. The van der Waals surface area contributed by atoms with Gasteiger partial charge in [0.05, 0.1) is 0 Å². The van der Waals surface area contributed by atoms with Crippen molar-refractivity contribution in [3.05, 3.63) is 0 Å². The number of halogens is 3. The van der Waals surface area contributed by atoms with Gasteiger partial charge >= 0.3 is 15.5 Å².